The normalized spacial score (nSPS) is 14.2. The smallest absolute Gasteiger partial charge is 0.270 e. The van der Waals surface area contributed by atoms with Crippen LogP contribution in [0.4, 0.5) is 11.6 Å². The second kappa shape index (κ2) is 11.8. The molecule has 1 aliphatic rings. The lowest BCUT2D eigenvalue weighted by atomic mass is 9.84. The predicted molar refractivity (Wildman–Crippen MR) is 150 cm³/mol. The summed E-state index contributed by atoms with van der Waals surface area (Å²) in [7, 11) is -3.25. The predicted octanol–water partition coefficient (Wildman–Crippen LogP) is 5.11. The van der Waals surface area contributed by atoms with Crippen molar-refractivity contribution in [2.45, 2.75) is 56.0 Å². The Hall–Kier alpha value is -4.05. The van der Waals surface area contributed by atoms with Gasteiger partial charge in [0.2, 0.25) is 0 Å². The molecule has 0 unspecified atom stereocenters. The highest BCUT2D eigenvalue weighted by atomic mass is 32.2. The molecular weight excluding hydrogens is 512 g/mol. The Kier molecular flexibility index (Phi) is 8.02. The summed E-state index contributed by atoms with van der Waals surface area (Å²) >= 11 is 0. The van der Waals surface area contributed by atoms with Gasteiger partial charge in [0.1, 0.15) is 0 Å². The Balaban J connectivity index is 1.35. The number of anilines is 2. The molecule has 0 spiro atoms. The maximum absolute atomic E-state index is 12.5. The third-order valence-electron chi connectivity index (χ3n) is 7.22. The van der Waals surface area contributed by atoms with Gasteiger partial charge in [-0.15, -0.1) is 5.10 Å². The number of aromatic amines is 1. The Labute approximate surface area is 228 Å². The molecule has 0 radical (unpaired) electrons. The van der Waals surface area contributed by atoms with Crippen LogP contribution in [0.1, 0.15) is 65.1 Å². The molecule has 3 aromatic carbocycles. The molecule has 4 aromatic rings. The molecule has 0 saturated heterocycles. The molecule has 5 rings (SSSR count). The van der Waals surface area contributed by atoms with E-state index in [0.717, 1.165) is 16.8 Å². The van der Waals surface area contributed by atoms with Crippen LogP contribution >= 0.6 is 0 Å². The Morgan fingerprint density at radius 1 is 0.897 bits per heavy atom. The molecule has 39 heavy (non-hydrogen) atoms. The SMILES string of the molecule is CS(=O)(=O)c1ccc(CN(Cc2ccc(C(=O)Nc3nn[nH]n3)cc2)c2ccc(C3CCCCC3)cc2)cc1. The van der Waals surface area contributed by atoms with E-state index in [0.29, 0.717) is 29.5 Å². The molecule has 1 fully saturated rings. The summed E-state index contributed by atoms with van der Waals surface area (Å²) in [4.78, 5) is 15.1. The molecule has 1 heterocycles. The molecule has 10 heteroatoms. The molecule has 1 amide bonds. The lowest BCUT2D eigenvalue weighted by Crippen LogP contribution is -2.22. The van der Waals surface area contributed by atoms with Crippen LogP contribution < -0.4 is 10.2 Å². The van der Waals surface area contributed by atoms with Crippen LogP contribution in [0.5, 0.6) is 0 Å². The number of hydrogen-bond acceptors (Lipinski definition) is 7. The van der Waals surface area contributed by atoms with E-state index < -0.39 is 9.84 Å². The molecule has 9 nitrogen and oxygen atoms in total. The number of amides is 1. The van der Waals surface area contributed by atoms with Crippen molar-refractivity contribution in [2.75, 3.05) is 16.5 Å². The Bertz CT molecular complexity index is 1480. The van der Waals surface area contributed by atoms with Crippen LogP contribution in [-0.2, 0) is 22.9 Å². The lowest BCUT2D eigenvalue weighted by Gasteiger charge is -2.27. The van der Waals surface area contributed by atoms with Gasteiger partial charge in [-0.2, -0.15) is 5.21 Å². The van der Waals surface area contributed by atoms with Gasteiger partial charge >= 0.3 is 0 Å². The van der Waals surface area contributed by atoms with Crippen LogP contribution in [0.2, 0.25) is 0 Å². The molecule has 1 saturated carbocycles. The molecule has 0 bridgehead atoms. The van der Waals surface area contributed by atoms with Crippen LogP contribution in [0, 0.1) is 0 Å². The number of aromatic nitrogens is 4. The zero-order valence-corrected chi connectivity index (χ0v) is 22.7. The fraction of sp³-hybridized carbons (Fsp3) is 0.310. The topological polar surface area (TPSA) is 121 Å². The standard InChI is InChI=1S/C29H32N6O3S/c1-39(37,38)27-17-9-22(10-18-27)20-35(26-15-13-24(14-16-26)23-5-3-2-4-6-23)19-21-7-11-25(12-8-21)28(36)30-29-31-33-34-32-29/h7-18,23H,2-6,19-20H2,1H3,(H2,30,31,32,33,34,36). The van der Waals surface area contributed by atoms with Gasteiger partial charge in [-0.3, -0.25) is 10.1 Å². The maximum atomic E-state index is 12.5. The van der Waals surface area contributed by atoms with Crippen molar-refractivity contribution in [3.05, 3.63) is 95.1 Å². The van der Waals surface area contributed by atoms with E-state index in [1.165, 1.54) is 43.9 Å². The average molecular weight is 545 g/mol. The van der Waals surface area contributed by atoms with Crippen molar-refractivity contribution >= 4 is 27.4 Å². The van der Waals surface area contributed by atoms with E-state index in [1.54, 1.807) is 24.3 Å². The lowest BCUT2D eigenvalue weighted by molar-refractivity contribution is 0.102. The maximum Gasteiger partial charge on any atom is 0.270 e. The third kappa shape index (κ3) is 6.88. The molecule has 0 aliphatic heterocycles. The van der Waals surface area contributed by atoms with Crippen molar-refractivity contribution < 1.29 is 13.2 Å². The second-order valence-corrected chi connectivity index (χ2v) is 12.1. The first-order valence-electron chi connectivity index (χ1n) is 13.1. The van der Waals surface area contributed by atoms with Crippen LogP contribution in [0.15, 0.2) is 77.7 Å². The van der Waals surface area contributed by atoms with E-state index in [2.05, 4.69) is 55.1 Å². The first-order valence-corrected chi connectivity index (χ1v) is 15.0. The summed E-state index contributed by atoms with van der Waals surface area (Å²) in [6, 6.07) is 23.3. The first-order chi connectivity index (χ1) is 18.8. The molecule has 1 aliphatic carbocycles. The molecule has 202 valence electrons. The van der Waals surface area contributed by atoms with E-state index in [4.69, 9.17) is 0 Å². The van der Waals surface area contributed by atoms with Crippen LogP contribution in [0.3, 0.4) is 0 Å². The van der Waals surface area contributed by atoms with Gasteiger partial charge in [0.05, 0.1) is 4.90 Å². The van der Waals surface area contributed by atoms with Gasteiger partial charge in [-0.1, -0.05) is 60.8 Å². The van der Waals surface area contributed by atoms with Gasteiger partial charge in [0.15, 0.2) is 9.84 Å². The monoisotopic (exact) mass is 544 g/mol. The molecule has 1 aromatic heterocycles. The third-order valence-corrected chi connectivity index (χ3v) is 8.35. The molecular formula is C29H32N6O3S. The Morgan fingerprint density at radius 2 is 1.51 bits per heavy atom. The van der Waals surface area contributed by atoms with Crippen LogP contribution in [0.25, 0.3) is 0 Å². The minimum atomic E-state index is -3.25. The number of benzene rings is 3. The van der Waals surface area contributed by atoms with Crippen molar-refractivity contribution in [1.29, 1.82) is 0 Å². The minimum Gasteiger partial charge on any atom is -0.363 e. The van der Waals surface area contributed by atoms with Crippen LogP contribution in [-0.4, -0.2) is 41.2 Å². The highest BCUT2D eigenvalue weighted by Crippen LogP contribution is 2.34. The van der Waals surface area contributed by atoms with Crippen molar-refractivity contribution in [1.82, 2.24) is 20.6 Å². The number of tetrazole rings is 1. The van der Waals surface area contributed by atoms with Crippen molar-refractivity contribution in [3.63, 3.8) is 0 Å². The van der Waals surface area contributed by atoms with Gasteiger partial charge < -0.3 is 4.90 Å². The van der Waals surface area contributed by atoms with Gasteiger partial charge in [-0.25, -0.2) is 8.42 Å². The Morgan fingerprint density at radius 3 is 2.08 bits per heavy atom. The number of carbonyl (C=O) groups is 1. The number of rotatable bonds is 9. The average Bonchev–Trinajstić information content (AvgIpc) is 3.46. The van der Waals surface area contributed by atoms with Gasteiger partial charge in [0, 0.05) is 30.6 Å². The quantitative estimate of drug-likeness (QED) is 0.300. The number of hydrogen-bond donors (Lipinski definition) is 2. The molecule has 2 N–H and O–H groups in total. The fourth-order valence-corrected chi connectivity index (χ4v) is 5.70. The minimum absolute atomic E-state index is 0.119. The number of H-pyrrole nitrogens is 1. The number of sulfone groups is 1. The summed E-state index contributed by atoms with van der Waals surface area (Å²) in [6.07, 6.45) is 7.65. The zero-order valence-electron chi connectivity index (χ0n) is 21.9. The van der Waals surface area contributed by atoms with E-state index in [-0.39, 0.29) is 11.9 Å². The number of nitrogens with zero attached hydrogens (tertiary/aromatic N) is 4. The summed E-state index contributed by atoms with van der Waals surface area (Å²) in [5, 5.41) is 15.8. The van der Waals surface area contributed by atoms with Gasteiger partial charge in [0.25, 0.3) is 11.9 Å². The first kappa shape index (κ1) is 26.6. The van der Waals surface area contributed by atoms with E-state index in [9.17, 15) is 13.2 Å². The fourth-order valence-electron chi connectivity index (χ4n) is 5.06. The highest BCUT2D eigenvalue weighted by molar-refractivity contribution is 7.90. The van der Waals surface area contributed by atoms with Crippen molar-refractivity contribution in [3.8, 4) is 0 Å². The number of carbonyl (C=O) groups excluding carboxylic acids is 1. The van der Waals surface area contributed by atoms with Crippen molar-refractivity contribution in [2.24, 2.45) is 0 Å². The second-order valence-electron chi connectivity index (χ2n) is 10.1. The largest absolute Gasteiger partial charge is 0.363 e. The zero-order chi connectivity index (χ0) is 27.2. The van der Waals surface area contributed by atoms with E-state index in [1.807, 2.05) is 24.3 Å². The molecule has 0 atom stereocenters. The summed E-state index contributed by atoms with van der Waals surface area (Å²) in [5.41, 5.74) is 5.02. The van der Waals surface area contributed by atoms with E-state index >= 15 is 0 Å². The highest BCUT2D eigenvalue weighted by Gasteiger charge is 2.17. The summed E-state index contributed by atoms with van der Waals surface area (Å²) in [5.74, 6) is 0.439. The van der Waals surface area contributed by atoms with Gasteiger partial charge in [-0.05, 0) is 77.1 Å². The number of nitrogens with one attached hydrogen (secondary N) is 2. The summed E-state index contributed by atoms with van der Waals surface area (Å²) < 4.78 is 23.8. The summed E-state index contributed by atoms with van der Waals surface area (Å²) in [6.45, 7) is 1.22.